The summed E-state index contributed by atoms with van der Waals surface area (Å²) < 4.78 is 41.6. The number of thiophene rings is 1. The van der Waals surface area contributed by atoms with Crippen LogP contribution in [-0.4, -0.2) is 29.4 Å². The molecular formula is C17H17F3N6S. The Kier molecular flexibility index (Phi) is 3.99. The molecule has 0 aromatic carbocycles. The molecule has 142 valence electrons. The predicted octanol–water partition coefficient (Wildman–Crippen LogP) is 4.28. The van der Waals surface area contributed by atoms with Gasteiger partial charge < -0.3 is 0 Å². The van der Waals surface area contributed by atoms with E-state index in [9.17, 15) is 13.2 Å². The van der Waals surface area contributed by atoms with Crippen molar-refractivity contribution in [2.75, 3.05) is 0 Å². The number of aryl methyl sites for hydroxylation is 3. The summed E-state index contributed by atoms with van der Waals surface area (Å²) in [5.74, 6) is 0.343. The van der Waals surface area contributed by atoms with Gasteiger partial charge in [-0.15, -0.1) is 16.4 Å². The summed E-state index contributed by atoms with van der Waals surface area (Å²) in [6.45, 7) is 7.81. The predicted molar refractivity (Wildman–Crippen MR) is 96.0 cm³/mol. The molecule has 1 atom stereocenters. The summed E-state index contributed by atoms with van der Waals surface area (Å²) in [6, 6.07) is 1.05. The molecule has 0 aliphatic rings. The van der Waals surface area contributed by atoms with Crippen molar-refractivity contribution in [1.82, 2.24) is 29.4 Å². The largest absolute Gasteiger partial charge is 0.435 e. The summed E-state index contributed by atoms with van der Waals surface area (Å²) in [7, 11) is 0. The van der Waals surface area contributed by atoms with Gasteiger partial charge in [0.2, 0.25) is 0 Å². The van der Waals surface area contributed by atoms with E-state index in [0.29, 0.717) is 11.5 Å². The fraction of sp³-hybridized carbons (Fsp3) is 0.412. The molecule has 0 saturated heterocycles. The van der Waals surface area contributed by atoms with Gasteiger partial charge in [-0.2, -0.15) is 18.3 Å². The van der Waals surface area contributed by atoms with Gasteiger partial charge in [-0.3, -0.25) is 4.68 Å². The molecule has 27 heavy (non-hydrogen) atoms. The minimum absolute atomic E-state index is 0.209. The van der Waals surface area contributed by atoms with Crippen molar-refractivity contribution in [3.8, 4) is 0 Å². The van der Waals surface area contributed by atoms with Crippen molar-refractivity contribution in [2.45, 2.75) is 46.3 Å². The molecule has 0 spiro atoms. The van der Waals surface area contributed by atoms with Crippen LogP contribution in [0.4, 0.5) is 13.2 Å². The standard InChI is InChI=1S/C17H17F3N6S/c1-8(6-25-9(2)5-12(23-25)17(18,19)20)14-22-15-13-10(3)11(4)27-16(13)21-7-26(15)24-14/h5,7-8H,6H2,1-4H3/t8-/m1/s1. The highest BCUT2D eigenvalue weighted by molar-refractivity contribution is 7.18. The van der Waals surface area contributed by atoms with Crippen LogP contribution in [0.2, 0.25) is 0 Å². The average molecular weight is 394 g/mol. The van der Waals surface area contributed by atoms with Crippen LogP contribution in [-0.2, 0) is 12.7 Å². The van der Waals surface area contributed by atoms with Crippen molar-refractivity contribution in [1.29, 1.82) is 0 Å². The molecule has 0 amide bonds. The maximum absolute atomic E-state index is 12.9. The molecule has 4 rings (SSSR count). The summed E-state index contributed by atoms with van der Waals surface area (Å²) in [6.07, 6.45) is -2.83. The first kappa shape index (κ1) is 17.9. The van der Waals surface area contributed by atoms with Crippen LogP contribution in [0.3, 0.4) is 0 Å². The fourth-order valence-corrected chi connectivity index (χ4v) is 4.04. The summed E-state index contributed by atoms with van der Waals surface area (Å²) in [5.41, 5.74) is 1.41. The van der Waals surface area contributed by atoms with Gasteiger partial charge in [0.1, 0.15) is 11.2 Å². The average Bonchev–Trinajstić information content (AvgIpc) is 3.24. The van der Waals surface area contributed by atoms with Crippen LogP contribution in [0.25, 0.3) is 15.9 Å². The van der Waals surface area contributed by atoms with E-state index in [-0.39, 0.29) is 12.5 Å². The molecule has 6 nitrogen and oxygen atoms in total. The lowest BCUT2D eigenvalue weighted by atomic mass is 10.1. The monoisotopic (exact) mass is 394 g/mol. The maximum Gasteiger partial charge on any atom is 0.435 e. The van der Waals surface area contributed by atoms with Crippen LogP contribution < -0.4 is 0 Å². The van der Waals surface area contributed by atoms with E-state index in [2.05, 4.69) is 20.2 Å². The number of fused-ring (bicyclic) bond motifs is 3. The van der Waals surface area contributed by atoms with E-state index in [1.54, 1.807) is 29.1 Å². The van der Waals surface area contributed by atoms with Gasteiger partial charge >= 0.3 is 6.18 Å². The highest BCUT2D eigenvalue weighted by Gasteiger charge is 2.34. The minimum atomic E-state index is -4.45. The number of nitrogens with zero attached hydrogens (tertiary/aromatic N) is 6. The third-order valence-electron chi connectivity index (χ3n) is 4.68. The molecule has 4 heterocycles. The van der Waals surface area contributed by atoms with Crippen molar-refractivity contribution in [3.05, 3.63) is 40.0 Å². The third kappa shape index (κ3) is 2.97. The molecule has 0 fully saturated rings. The van der Waals surface area contributed by atoms with E-state index >= 15 is 0 Å². The molecule has 0 saturated carbocycles. The Bertz CT molecular complexity index is 1150. The lowest BCUT2D eigenvalue weighted by molar-refractivity contribution is -0.141. The fourth-order valence-electron chi connectivity index (χ4n) is 3.04. The molecule has 0 N–H and O–H groups in total. The summed E-state index contributed by atoms with van der Waals surface area (Å²) in [5, 5.41) is 9.14. The van der Waals surface area contributed by atoms with E-state index < -0.39 is 11.9 Å². The molecule has 10 heteroatoms. The Hall–Kier alpha value is -2.49. The maximum atomic E-state index is 12.9. The normalized spacial score (nSPS) is 13.7. The zero-order chi connectivity index (χ0) is 19.5. The first-order valence-corrected chi connectivity index (χ1v) is 9.19. The Balaban J connectivity index is 1.70. The second-order valence-electron chi connectivity index (χ2n) is 6.70. The number of rotatable bonds is 3. The molecule has 0 radical (unpaired) electrons. The molecule has 4 aromatic heterocycles. The van der Waals surface area contributed by atoms with Crippen LogP contribution in [0.5, 0.6) is 0 Å². The molecule has 0 unspecified atom stereocenters. The van der Waals surface area contributed by atoms with E-state index in [1.165, 1.54) is 9.56 Å². The van der Waals surface area contributed by atoms with Gasteiger partial charge in [-0.1, -0.05) is 6.92 Å². The number of hydrogen-bond donors (Lipinski definition) is 0. The molecule has 4 aromatic rings. The second-order valence-corrected chi connectivity index (χ2v) is 7.90. The third-order valence-corrected chi connectivity index (χ3v) is 5.80. The van der Waals surface area contributed by atoms with Crippen molar-refractivity contribution >= 4 is 27.2 Å². The number of alkyl halides is 3. The minimum Gasteiger partial charge on any atom is -0.269 e. The Morgan fingerprint density at radius 1 is 1.19 bits per heavy atom. The Morgan fingerprint density at radius 2 is 1.93 bits per heavy atom. The summed E-state index contributed by atoms with van der Waals surface area (Å²) >= 11 is 1.61. The highest BCUT2D eigenvalue weighted by Crippen LogP contribution is 2.32. The van der Waals surface area contributed by atoms with Crippen molar-refractivity contribution in [2.24, 2.45) is 0 Å². The van der Waals surface area contributed by atoms with Gasteiger partial charge in [-0.25, -0.2) is 14.5 Å². The molecule has 0 bridgehead atoms. The second kappa shape index (κ2) is 6.01. The zero-order valence-corrected chi connectivity index (χ0v) is 16.0. The van der Waals surface area contributed by atoms with Crippen LogP contribution in [0.1, 0.15) is 40.5 Å². The first-order chi connectivity index (χ1) is 12.6. The summed E-state index contributed by atoms with van der Waals surface area (Å²) in [4.78, 5) is 11.2. The molecule has 0 aliphatic heterocycles. The molecule has 0 aliphatic carbocycles. The van der Waals surface area contributed by atoms with Crippen LogP contribution in [0, 0.1) is 20.8 Å². The van der Waals surface area contributed by atoms with Crippen LogP contribution >= 0.6 is 11.3 Å². The van der Waals surface area contributed by atoms with Gasteiger partial charge in [0.15, 0.2) is 17.2 Å². The first-order valence-electron chi connectivity index (χ1n) is 8.37. The van der Waals surface area contributed by atoms with Crippen LogP contribution in [0.15, 0.2) is 12.4 Å². The van der Waals surface area contributed by atoms with E-state index in [0.717, 1.165) is 27.5 Å². The Labute approximate surface area is 156 Å². The van der Waals surface area contributed by atoms with Crippen molar-refractivity contribution < 1.29 is 13.2 Å². The number of halogens is 3. The highest BCUT2D eigenvalue weighted by atomic mass is 32.1. The lowest BCUT2D eigenvalue weighted by Crippen LogP contribution is -2.12. The van der Waals surface area contributed by atoms with Crippen molar-refractivity contribution in [3.63, 3.8) is 0 Å². The zero-order valence-electron chi connectivity index (χ0n) is 15.2. The quantitative estimate of drug-likeness (QED) is 0.520. The van der Waals surface area contributed by atoms with Gasteiger partial charge in [0.25, 0.3) is 0 Å². The topological polar surface area (TPSA) is 60.9 Å². The number of hydrogen-bond acceptors (Lipinski definition) is 5. The lowest BCUT2D eigenvalue weighted by Gasteiger charge is -2.09. The van der Waals surface area contributed by atoms with E-state index in [1.807, 2.05) is 20.8 Å². The van der Waals surface area contributed by atoms with Gasteiger partial charge in [-0.05, 0) is 32.4 Å². The molecular weight excluding hydrogens is 377 g/mol. The van der Waals surface area contributed by atoms with Gasteiger partial charge in [0, 0.05) is 16.5 Å². The van der Waals surface area contributed by atoms with E-state index in [4.69, 9.17) is 0 Å². The van der Waals surface area contributed by atoms with Gasteiger partial charge in [0.05, 0.1) is 11.9 Å². The smallest absolute Gasteiger partial charge is 0.269 e. The SMILES string of the molecule is Cc1sc2ncn3nc([C@H](C)Cn4nc(C(F)(F)F)cc4C)nc3c2c1C. The Morgan fingerprint density at radius 3 is 2.59 bits per heavy atom. The number of aromatic nitrogens is 6.